The van der Waals surface area contributed by atoms with E-state index in [1.807, 2.05) is 6.07 Å². The minimum Gasteiger partial charge on any atom is -0.493 e. The van der Waals surface area contributed by atoms with Crippen molar-refractivity contribution in [2.45, 2.75) is 36.6 Å². The lowest BCUT2D eigenvalue weighted by atomic mass is 9.92. The molecule has 9 heteroatoms. The maximum absolute atomic E-state index is 12.8. The molecule has 0 spiro atoms. The van der Waals surface area contributed by atoms with Crippen molar-refractivity contribution >= 4 is 27.4 Å². The number of ketones is 1. The maximum Gasteiger partial charge on any atom is 0.242 e. The third kappa shape index (κ3) is 4.24. The average Bonchev–Trinajstić information content (AvgIpc) is 3.13. The molecule has 2 aromatic carbocycles. The molecule has 1 unspecified atom stereocenters. The van der Waals surface area contributed by atoms with E-state index in [-0.39, 0.29) is 21.7 Å². The number of unbranched alkanes of at least 4 members (excludes halogenated alkanes) is 1. The Balaban J connectivity index is 1.37. The zero-order valence-corrected chi connectivity index (χ0v) is 19.8. The standard InChI is InChI=1S/C23H27ClN2O5S/c1-30-19-13-15-9-12-26(17-14-18(27)22(21(15)17)23(19)31-2)11-6-5-10-25-32(28,29)20-8-4-3-7-16(20)24/h3-4,7-8,13,17,25H,5-6,9-12,14H2,1-2H3. The number of halogens is 1. The molecule has 1 atom stereocenters. The Bertz CT molecular complexity index is 1140. The van der Waals surface area contributed by atoms with E-state index < -0.39 is 10.0 Å². The first kappa shape index (κ1) is 23.0. The van der Waals surface area contributed by atoms with Crippen LogP contribution in [0, 0.1) is 0 Å². The zero-order valence-electron chi connectivity index (χ0n) is 18.2. The summed E-state index contributed by atoms with van der Waals surface area (Å²) in [6.45, 7) is 1.97. The van der Waals surface area contributed by atoms with E-state index in [1.54, 1.807) is 32.4 Å². The van der Waals surface area contributed by atoms with E-state index in [1.165, 1.54) is 6.07 Å². The SMILES string of the molecule is COc1cc2c3c(c1OC)C(=O)CC3N(CCCCNS(=O)(=O)c1ccccc1Cl)CC2. The first-order valence-corrected chi connectivity index (χ1v) is 12.5. The molecule has 1 heterocycles. The van der Waals surface area contributed by atoms with Gasteiger partial charge < -0.3 is 9.47 Å². The van der Waals surface area contributed by atoms with Crippen LogP contribution >= 0.6 is 11.6 Å². The first-order valence-electron chi connectivity index (χ1n) is 10.7. The number of methoxy groups -OCH3 is 2. The lowest BCUT2D eigenvalue weighted by molar-refractivity contribution is 0.0946. The van der Waals surface area contributed by atoms with Crippen molar-refractivity contribution in [3.8, 4) is 11.5 Å². The number of nitrogens with zero attached hydrogens (tertiary/aromatic N) is 1. The number of carbonyl (C=O) groups excluding carboxylic acids is 1. The molecule has 0 bridgehead atoms. The Labute approximate surface area is 193 Å². The van der Waals surface area contributed by atoms with Crippen LogP contribution in [0.25, 0.3) is 0 Å². The van der Waals surface area contributed by atoms with Crippen molar-refractivity contribution < 1.29 is 22.7 Å². The van der Waals surface area contributed by atoms with E-state index in [4.69, 9.17) is 21.1 Å². The van der Waals surface area contributed by atoms with Crippen LogP contribution < -0.4 is 14.2 Å². The van der Waals surface area contributed by atoms with Crippen molar-refractivity contribution in [3.63, 3.8) is 0 Å². The van der Waals surface area contributed by atoms with Crippen molar-refractivity contribution in [2.75, 3.05) is 33.9 Å². The third-order valence-electron chi connectivity index (χ3n) is 6.19. The summed E-state index contributed by atoms with van der Waals surface area (Å²) in [5.74, 6) is 1.21. The van der Waals surface area contributed by atoms with Gasteiger partial charge in [-0.15, -0.1) is 0 Å². The highest BCUT2D eigenvalue weighted by molar-refractivity contribution is 7.89. The fourth-order valence-electron chi connectivity index (χ4n) is 4.69. The average molecular weight is 479 g/mol. The summed E-state index contributed by atoms with van der Waals surface area (Å²) in [5.41, 5.74) is 2.87. The molecule has 7 nitrogen and oxygen atoms in total. The Morgan fingerprint density at radius 2 is 1.97 bits per heavy atom. The number of nitrogens with one attached hydrogen (secondary N) is 1. The molecule has 4 rings (SSSR count). The van der Waals surface area contributed by atoms with Gasteiger partial charge in [0.1, 0.15) is 4.90 Å². The molecule has 1 aliphatic heterocycles. The molecule has 1 N–H and O–H groups in total. The number of ether oxygens (including phenoxy) is 2. The van der Waals surface area contributed by atoms with Crippen LogP contribution in [0.1, 0.15) is 46.8 Å². The van der Waals surface area contributed by atoms with E-state index in [0.717, 1.165) is 37.1 Å². The van der Waals surface area contributed by atoms with Gasteiger partial charge >= 0.3 is 0 Å². The van der Waals surface area contributed by atoms with Gasteiger partial charge in [0, 0.05) is 25.6 Å². The molecular formula is C23H27ClN2O5S. The Morgan fingerprint density at radius 1 is 1.19 bits per heavy atom. The van der Waals surface area contributed by atoms with Crippen molar-refractivity contribution in [1.82, 2.24) is 9.62 Å². The molecule has 32 heavy (non-hydrogen) atoms. The van der Waals surface area contributed by atoms with Gasteiger partial charge in [0.2, 0.25) is 10.0 Å². The summed E-state index contributed by atoms with van der Waals surface area (Å²) in [7, 11) is -0.484. The Kier molecular flexibility index (Phi) is 6.76. The van der Waals surface area contributed by atoms with Crippen LogP contribution in [0.5, 0.6) is 11.5 Å². The van der Waals surface area contributed by atoms with Gasteiger partial charge in [-0.3, -0.25) is 9.69 Å². The minimum absolute atomic E-state index is 0.0425. The molecule has 2 aromatic rings. The summed E-state index contributed by atoms with van der Waals surface area (Å²) >= 11 is 6.01. The zero-order chi connectivity index (χ0) is 22.9. The van der Waals surface area contributed by atoms with Gasteiger partial charge in [-0.25, -0.2) is 13.1 Å². The number of benzene rings is 2. The largest absolute Gasteiger partial charge is 0.493 e. The van der Waals surface area contributed by atoms with Crippen LogP contribution in [-0.4, -0.2) is 53.0 Å². The van der Waals surface area contributed by atoms with Crippen molar-refractivity contribution in [2.24, 2.45) is 0 Å². The lowest BCUT2D eigenvalue weighted by Crippen LogP contribution is -2.35. The fraction of sp³-hybridized carbons (Fsp3) is 0.435. The summed E-state index contributed by atoms with van der Waals surface area (Å²) in [6, 6.07) is 8.43. The fourth-order valence-corrected chi connectivity index (χ4v) is 6.28. The number of rotatable bonds is 9. The first-order chi connectivity index (χ1) is 15.4. The molecular weight excluding hydrogens is 452 g/mol. The molecule has 172 valence electrons. The number of hydrogen-bond acceptors (Lipinski definition) is 6. The van der Waals surface area contributed by atoms with Gasteiger partial charge in [-0.1, -0.05) is 23.7 Å². The Morgan fingerprint density at radius 3 is 2.69 bits per heavy atom. The van der Waals surface area contributed by atoms with Gasteiger partial charge in [-0.2, -0.15) is 0 Å². The maximum atomic E-state index is 12.8. The van der Waals surface area contributed by atoms with Crippen LogP contribution in [0.15, 0.2) is 35.2 Å². The number of Topliss-reactive ketones (excluding diaryl/α,β-unsaturated/α-hetero) is 1. The van der Waals surface area contributed by atoms with E-state index in [2.05, 4.69) is 9.62 Å². The highest BCUT2D eigenvalue weighted by Gasteiger charge is 2.41. The molecule has 0 saturated carbocycles. The van der Waals surface area contributed by atoms with Crippen LogP contribution in [-0.2, 0) is 16.4 Å². The van der Waals surface area contributed by atoms with Gasteiger partial charge in [-0.05, 0) is 55.1 Å². The number of sulfonamides is 1. The molecule has 0 fully saturated rings. The second-order valence-corrected chi connectivity index (χ2v) is 10.2. The summed E-state index contributed by atoms with van der Waals surface area (Å²) in [6.07, 6.45) is 2.77. The Hall–Kier alpha value is -2.13. The van der Waals surface area contributed by atoms with Crippen LogP contribution in [0.3, 0.4) is 0 Å². The van der Waals surface area contributed by atoms with Crippen molar-refractivity contribution in [1.29, 1.82) is 0 Å². The predicted molar refractivity (Wildman–Crippen MR) is 122 cm³/mol. The van der Waals surface area contributed by atoms with Gasteiger partial charge in [0.25, 0.3) is 0 Å². The smallest absolute Gasteiger partial charge is 0.242 e. The monoisotopic (exact) mass is 478 g/mol. The molecule has 0 amide bonds. The van der Waals surface area contributed by atoms with Gasteiger partial charge in [0.05, 0.1) is 24.8 Å². The molecule has 2 aliphatic rings. The number of hydrogen-bond donors (Lipinski definition) is 1. The van der Waals surface area contributed by atoms with E-state index >= 15 is 0 Å². The van der Waals surface area contributed by atoms with E-state index in [0.29, 0.717) is 36.4 Å². The summed E-state index contributed by atoms with van der Waals surface area (Å²) in [4.78, 5) is 15.2. The highest BCUT2D eigenvalue weighted by atomic mass is 35.5. The number of carbonyl (C=O) groups is 1. The molecule has 0 saturated heterocycles. The normalized spacial score (nSPS) is 18.0. The highest BCUT2D eigenvalue weighted by Crippen LogP contribution is 2.48. The van der Waals surface area contributed by atoms with Crippen LogP contribution in [0.4, 0.5) is 0 Å². The predicted octanol–water partition coefficient (Wildman–Crippen LogP) is 3.60. The topological polar surface area (TPSA) is 84.9 Å². The minimum atomic E-state index is -3.63. The van der Waals surface area contributed by atoms with Crippen molar-refractivity contribution in [3.05, 3.63) is 52.0 Å². The third-order valence-corrected chi connectivity index (χ3v) is 8.15. The second kappa shape index (κ2) is 9.39. The quantitative estimate of drug-likeness (QED) is 0.554. The molecule has 0 aromatic heterocycles. The van der Waals surface area contributed by atoms with E-state index in [9.17, 15) is 13.2 Å². The van der Waals surface area contributed by atoms with Gasteiger partial charge in [0.15, 0.2) is 17.3 Å². The van der Waals surface area contributed by atoms with Crippen LogP contribution in [0.2, 0.25) is 5.02 Å². The second-order valence-electron chi connectivity index (χ2n) is 8.02. The molecule has 1 aliphatic carbocycles. The summed E-state index contributed by atoms with van der Waals surface area (Å²) in [5, 5.41) is 0.209. The summed E-state index contributed by atoms with van der Waals surface area (Å²) < 4.78 is 38.5. The lowest BCUT2D eigenvalue weighted by Gasteiger charge is -2.35. The molecule has 0 radical (unpaired) electrons.